The SMILES string of the molecule is O=C(N[C@@H]1CCNC1)c1c[nH]c(=O)cn1. The highest BCUT2D eigenvalue weighted by molar-refractivity contribution is 5.92. The molecule has 0 radical (unpaired) electrons. The third-order valence-corrected chi connectivity index (χ3v) is 2.30. The number of H-pyrrole nitrogens is 1. The molecule has 1 aromatic heterocycles. The Labute approximate surface area is 86.1 Å². The number of carbonyl (C=O) groups is 1. The molecule has 0 bridgehead atoms. The van der Waals surface area contributed by atoms with Crippen LogP contribution in [0.25, 0.3) is 0 Å². The van der Waals surface area contributed by atoms with Crippen LogP contribution in [0.15, 0.2) is 17.2 Å². The second-order valence-corrected chi connectivity index (χ2v) is 3.46. The van der Waals surface area contributed by atoms with Crippen molar-refractivity contribution >= 4 is 5.91 Å². The van der Waals surface area contributed by atoms with E-state index >= 15 is 0 Å². The molecular formula is C9H12N4O2. The highest BCUT2D eigenvalue weighted by Crippen LogP contribution is 1.98. The van der Waals surface area contributed by atoms with Crippen LogP contribution in [0.3, 0.4) is 0 Å². The lowest BCUT2D eigenvalue weighted by Crippen LogP contribution is -2.36. The molecule has 3 N–H and O–H groups in total. The molecule has 2 rings (SSSR count). The third kappa shape index (κ3) is 2.41. The molecule has 0 aliphatic carbocycles. The summed E-state index contributed by atoms with van der Waals surface area (Å²) in [6, 6.07) is 0.159. The minimum atomic E-state index is -0.311. The van der Waals surface area contributed by atoms with Gasteiger partial charge in [-0.05, 0) is 13.0 Å². The molecule has 0 spiro atoms. The van der Waals surface area contributed by atoms with Crippen LogP contribution in [-0.4, -0.2) is 35.0 Å². The van der Waals surface area contributed by atoms with Gasteiger partial charge in [-0.15, -0.1) is 0 Å². The molecule has 6 heteroatoms. The van der Waals surface area contributed by atoms with Gasteiger partial charge in [-0.3, -0.25) is 9.59 Å². The van der Waals surface area contributed by atoms with Crippen LogP contribution in [0, 0.1) is 0 Å². The smallest absolute Gasteiger partial charge is 0.271 e. The van der Waals surface area contributed by atoms with Gasteiger partial charge in [-0.25, -0.2) is 4.98 Å². The second-order valence-electron chi connectivity index (χ2n) is 3.46. The quantitative estimate of drug-likeness (QED) is 0.573. The maximum atomic E-state index is 11.6. The summed E-state index contributed by atoms with van der Waals surface area (Å²) in [5.41, 5.74) is -0.0735. The maximum absolute atomic E-state index is 11.6. The molecule has 1 saturated heterocycles. The lowest BCUT2D eigenvalue weighted by Gasteiger charge is -2.09. The van der Waals surface area contributed by atoms with Crippen molar-refractivity contribution in [2.75, 3.05) is 13.1 Å². The first-order chi connectivity index (χ1) is 7.25. The number of nitrogens with zero attached hydrogens (tertiary/aromatic N) is 1. The Balaban J connectivity index is 2.01. The predicted octanol–water partition coefficient (Wildman–Crippen LogP) is -1.14. The van der Waals surface area contributed by atoms with E-state index in [1.54, 1.807) is 0 Å². The highest BCUT2D eigenvalue weighted by Gasteiger charge is 2.17. The summed E-state index contributed by atoms with van der Waals surface area (Å²) in [6.45, 7) is 1.71. The lowest BCUT2D eigenvalue weighted by molar-refractivity contribution is 0.0934. The summed E-state index contributed by atoms with van der Waals surface area (Å²) in [5, 5.41) is 5.97. The molecule has 80 valence electrons. The van der Waals surface area contributed by atoms with Gasteiger partial charge in [0, 0.05) is 18.8 Å². The molecule has 1 aliphatic heterocycles. The zero-order valence-corrected chi connectivity index (χ0v) is 8.12. The monoisotopic (exact) mass is 208 g/mol. The normalized spacial score (nSPS) is 20.1. The van der Waals surface area contributed by atoms with Gasteiger partial charge in [0.25, 0.3) is 11.5 Å². The Bertz CT molecular complexity index is 388. The molecule has 1 aliphatic rings. The number of hydrogen-bond acceptors (Lipinski definition) is 4. The van der Waals surface area contributed by atoms with E-state index < -0.39 is 0 Å². The molecule has 0 aromatic carbocycles. The molecule has 0 saturated carbocycles. The number of rotatable bonds is 2. The number of aromatic nitrogens is 2. The third-order valence-electron chi connectivity index (χ3n) is 2.30. The van der Waals surface area contributed by atoms with E-state index in [1.165, 1.54) is 6.20 Å². The van der Waals surface area contributed by atoms with E-state index in [0.29, 0.717) is 0 Å². The first-order valence-corrected chi connectivity index (χ1v) is 4.82. The Morgan fingerprint density at radius 2 is 2.47 bits per heavy atom. The van der Waals surface area contributed by atoms with Crippen molar-refractivity contribution in [3.05, 3.63) is 28.4 Å². The topological polar surface area (TPSA) is 86.9 Å². The minimum Gasteiger partial charge on any atom is -0.347 e. The fourth-order valence-corrected chi connectivity index (χ4v) is 1.50. The Morgan fingerprint density at radius 3 is 3.07 bits per heavy atom. The number of aromatic amines is 1. The maximum Gasteiger partial charge on any atom is 0.271 e. The van der Waals surface area contributed by atoms with Crippen LogP contribution < -0.4 is 16.2 Å². The number of nitrogens with one attached hydrogen (secondary N) is 3. The van der Waals surface area contributed by atoms with Gasteiger partial charge in [0.05, 0.1) is 6.20 Å². The van der Waals surface area contributed by atoms with Crippen molar-refractivity contribution in [1.82, 2.24) is 20.6 Å². The van der Waals surface area contributed by atoms with Gasteiger partial charge in [0.2, 0.25) is 0 Å². The van der Waals surface area contributed by atoms with Gasteiger partial charge < -0.3 is 15.6 Å². The first kappa shape index (κ1) is 9.85. The van der Waals surface area contributed by atoms with Crippen LogP contribution in [0.2, 0.25) is 0 Å². The molecular weight excluding hydrogens is 196 g/mol. The van der Waals surface area contributed by atoms with E-state index in [0.717, 1.165) is 25.7 Å². The molecule has 1 atom stereocenters. The van der Waals surface area contributed by atoms with Crippen LogP contribution in [0.5, 0.6) is 0 Å². The van der Waals surface area contributed by atoms with Gasteiger partial charge in [0.15, 0.2) is 0 Å². The summed E-state index contributed by atoms with van der Waals surface area (Å²) in [7, 11) is 0. The molecule has 1 fully saturated rings. The summed E-state index contributed by atoms with van der Waals surface area (Å²) < 4.78 is 0. The zero-order valence-electron chi connectivity index (χ0n) is 8.12. The van der Waals surface area contributed by atoms with Crippen molar-refractivity contribution < 1.29 is 4.79 Å². The number of hydrogen-bond donors (Lipinski definition) is 3. The number of amides is 1. The fourth-order valence-electron chi connectivity index (χ4n) is 1.50. The second kappa shape index (κ2) is 4.22. The van der Waals surface area contributed by atoms with Gasteiger partial charge in [-0.2, -0.15) is 0 Å². The van der Waals surface area contributed by atoms with Crippen LogP contribution in [-0.2, 0) is 0 Å². The first-order valence-electron chi connectivity index (χ1n) is 4.82. The van der Waals surface area contributed by atoms with Gasteiger partial charge in [-0.1, -0.05) is 0 Å². The largest absolute Gasteiger partial charge is 0.347 e. The molecule has 2 heterocycles. The Morgan fingerprint density at radius 1 is 1.60 bits per heavy atom. The average Bonchev–Trinajstić information content (AvgIpc) is 2.71. The lowest BCUT2D eigenvalue weighted by atomic mass is 10.2. The number of carbonyl (C=O) groups excluding carboxylic acids is 1. The van der Waals surface area contributed by atoms with E-state index in [1.807, 2.05) is 0 Å². The minimum absolute atomic E-state index is 0.159. The van der Waals surface area contributed by atoms with Crippen molar-refractivity contribution in [3.63, 3.8) is 0 Å². The van der Waals surface area contributed by atoms with Crippen molar-refractivity contribution in [3.8, 4) is 0 Å². The van der Waals surface area contributed by atoms with E-state index in [-0.39, 0.29) is 23.2 Å². The summed E-state index contributed by atoms with van der Waals surface area (Å²) in [4.78, 5) is 28.5. The van der Waals surface area contributed by atoms with Crippen LogP contribution in [0.1, 0.15) is 16.9 Å². The Kier molecular flexibility index (Phi) is 2.77. The van der Waals surface area contributed by atoms with E-state index in [4.69, 9.17) is 0 Å². The van der Waals surface area contributed by atoms with Crippen molar-refractivity contribution in [1.29, 1.82) is 0 Å². The average molecular weight is 208 g/mol. The molecule has 1 aromatic rings. The van der Waals surface area contributed by atoms with Crippen molar-refractivity contribution in [2.24, 2.45) is 0 Å². The van der Waals surface area contributed by atoms with E-state index in [2.05, 4.69) is 20.6 Å². The van der Waals surface area contributed by atoms with Crippen LogP contribution in [0.4, 0.5) is 0 Å². The molecule has 6 nitrogen and oxygen atoms in total. The standard InChI is InChI=1S/C9H12N4O2/c14-8-5-11-7(4-12-8)9(15)13-6-1-2-10-3-6/h4-6,10H,1-3H2,(H,12,14)(H,13,15)/t6-/m1/s1. The molecule has 15 heavy (non-hydrogen) atoms. The van der Waals surface area contributed by atoms with Gasteiger partial charge in [0.1, 0.15) is 5.69 Å². The summed E-state index contributed by atoms with van der Waals surface area (Å²) >= 11 is 0. The summed E-state index contributed by atoms with van der Waals surface area (Å²) in [6.07, 6.45) is 3.34. The molecule has 0 unspecified atom stereocenters. The Hall–Kier alpha value is -1.69. The predicted molar refractivity (Wildman–Crippen MR) is 53.6 cm³/mol. The van der Waals surface area contributed by atoms with Gasteiger partial charge >= 0.3 is 0 Å². The zero-order chi connectivity index (χ0) is 10.7. The fraction of sp³-hybridized carbons (Fsp3) is 0.444. The van der Waals surface area contributed by atoms with Crippen LogP contribution >= 0.6 is 0 Å². The van der Waals surface area contributed by atoms with Crippen molar-refractivity contribution in [2.45, 2.75) is 12.5 Å². The highest BCUT2D eigenvalue weighted by atomic mass is 16.2. The summed E-state index contributed by atoms with van der Waals surface area (Å²) in [5.74, 6) is -0.250. The molecule has 1 amide bonds. The van der Waals surface area contributed by atoms with E-state index in [9.17, 15) is 9.59 Å².